The average molecular weight is 352 g/mol. The number of fused-ring (bicyclic) bond motifs is 5. The van der Waals surface area contributed by atoms with Gasteiger partial charge in [-0.3, -0.25) is 19.2 Å². The van der Waals surface area contributed by atoms with Crippen LogP contribution in [0, 0.1) is 0 Å². The highest BCUT2D eigenvalue weighted by molar-refractivity contribution is 6.31. The summed E-state index contributed by atoms with van der Waals surface area (Å²) < 4.78 is 0. The molecule has 0 N–H and O–H groups in total. The van der Waals surface area contributed by atoms with Crippen molar-refractivity contribution >= 4 is 23.1 Å². The molecule has 0 aromatic heterocycles. The summed E-state index contributed by atoms with van der Waals surface area (Å²) in [6.45, 7) is 0. The first-order valence-electron chi connectivity index (χ1n) is 8.58. The smallest absolute Gasteiger partial charge is 0.194 e. The summed E-state index contributed by atoms with van der Waals surface area (Å²) in [4.78, 5) is 51.8. The summed E-state index contributed by atoms with van der Waals surface area (Å²) in [5, 5.41) is 0. The number of hydrogen-bond donors (Lipinski definition) is 0. The minimum absolute atomic E-state index is 0.179. The normalized spacial score (nSPS) is 17.3. The molecule has 0 saturated carbocycles. The monoisotopic (exact) mass is 352 g/mol. The number of rotatable bonds is 0. The Morgan fingerprint density at radius 2 is 0.926 bits per heavy atom. The van der Waals surface area contributed by atoms with Crippen molar-refractivity contribution < 1.29 is 19.2 Å². The molecule has 3 aliphatic carbocycles. The van der Waals surface area contributed by atoms with Crippen molar-refractivity contribution in [2.75, 3.05) is 0 Å². The Balaban J connectivity index is 1.80. The van der Waals surface area contributed by atoms with Crippen LogP contribution in [0.15, 0.2) is 71.8 Å². The third-order valence-corrected chi connectivity index (χ3v) is 5.22. The van der Waals surface area contributed by atoms with Gasteiger partial charge in [0.15, 0.2) is 23.1 Å². The standard InChI is InChI=1S/C23H12O4/c24-20-12-5-1-2-6-13(9-12)21(25)17-11-19-18(10-16(17)20)22(26)14-7-3-4-8-15(14)23(19)27/h1-8,10-11H,9H2. The number of ketones is 4. The fourth-order valence-corrected chi connectivity index (χ4v) is 3.84. The van der Waals surface area contributed by atoms with Crippen LogP contribution in [0.5, 0.6) is 0 Å². The van der Waals surface area contributed by atoms with Gasteiger partial charge >= 0.3 is 0 Å². The Morgan fingerprint density at radius 1 is 0.519 bits per heavy atom. The van der Waals surface area contributed by atoms with Crippen LogP contribution < -0.4 is 0 Å². The maximum absolute atomic E-state index is 13.0. The highest BCUT2D eigenvalue weighted by atomic mass is 16.1. The summed E-state index contributed by atoms with van der Waals surface area (Å²) >= 11 is 0. The molecular formula is C23H12O4. The highest BCUT2D eigenvalue weighted by Gasteiger charge is 2.35. The summed E-state index contributed by atoms with van der Waals surface area (Å²) in [7, 11) is 0. The SMILES string of the molecule is O=C1C2=CC=CC=C(C2)C(=O)c2cc3c(cc21)C(=O)c1ccccc1C3=O. The van der Waals surface area contributed by atoms with Gasteiger partial charge in [0.05, 0.1) is 0 Å². The van der Waals surface area contributed by atoms with E-state index < -0.39 is 0 Å². The van der Waals surface area contributed by atoms with Crippen LogP contribution >= 0.6 is 0 Å². The summed E-state index contributed by atoms with van der Waals surface area (Å²) in [6, 6.07) is 9.44. The van der Waals surface area contributed by atoms with Gasteiger partial charge in [0, 0.05) is 50.9 Å². The number of allylic oxidation sites excluding steroid dienone is 6. The average Bonchev–Trinajstić information content (AvgIpc) is 3.00. The lowest BCUT2D eigenvalue weighted by molar-refractivity contribution is 0.0976. The molecule has 5 rings (SSSR count). The molecule has 0 radical (unpaired) electrons. The van der Waals surface area contributed by atoms with Crippen LogP contribution in [0.2, 0.25) is 0 Å². The Morgan fingerprint density at radius 3 is 1.37 bits per heavy atom. The van der Waals surface area contributed by atoms with E-state index in [-0.39, 0.29) is 51.8 Å². The first-order chi connectivity index (χ1) is 13.1. The molecule has 0 heterocycles. The van der Waals surface area contributed by atoms with E-state index in [4.69, 9.17) is 0 Å². The van der Waals surface area contributed by atoms with Gasteiger partial charge in [-0.05, 0) is 12.1 Å². The van der Waals surface area contributed by atoms with Crippen molar-refractivity contribution in [1.82, 2.24) is 0 Å². The molecule has 2 aromatic carbocycles. The fourth-order valence-electron chi connectivity index (χ4n) is 3.84. The van der Waals surface area contributed by atoms with E-state index in [1.165, 1.54) is 12.1 Å². The minimum Gasteiger partial charge on any atom is -0.289 e. The molecule has 0 spiro atoms. The molecule has 0 fully saturated rings. The summed E-state index contributed by atoms with van der Waals surface area (Å²) in [6.07, 6.45) is 7.07. The van der Waals surface area contributed by atoms with E-state index in [9.17, 15) is 19.2 Å². The van der Waals surface area contributed by atoms with E-state index in [1.807, 2.05) is 0 Å². The maximum Gasteiger partial charge on any atom is 0.194 e. The molecule has 27 heavy (non-hydrogen) atoms. The number of Topliss-reactive ketones (excluding diaryl/α,β-unsaturated/α-hetero) is 2. The predicted octanol–water partition coefficient (Wildman–Crippen LogP) is 3.65. The van der Waals surface area contributed by atoms with Crippen molar-refractivity contribution in [2.45, 2.75) is 6.42 Å². The van der Waals surface area contributed by atoms with E-state index in [2.05, 4.69) is 0 Å². The molecule has 0 atom stereocenters. The van der Waals surface area contributed by atoms with Gasteiger partial charge in [-0.25, -0.2) is 0 Å². The lowest BCUT2D eigenvalue weighted by Crippen LogP contribution is -2.23. The molecule has 3 aliphatic rings. The zero-order valence-electron chi connectivity index (χ0n) is 14.1. The van der Waals surface area contributed by atoms with E-state index in [0.717, 1.165) is 0 Å². The first kappa shape index (κ1) is 15.6. The van der Waals surface area contributed by atoms with Crippen LogP contribution in [0.25, 0.3) is 0 Å². The Hall–Kier alpha value is -3.66. The van der Waals surface area contributed by atoms with Crippen molar-refractivity contribution in [3.8, 4) is 0 Å². The largest absolute Gasteiger partial charge is 0.289 e. The molecular weight excluding hydrogens is 340 g/mol. The van der Waals surface area contributed by atoms with Gasteiger partial charge in [-0.15, -0.1) is 0 Å². The third kappa shape index (κ3) is 2.10. The molecule has 0 amide bonds. The third-order valence-electron chi connectivity index (χ3n) is 5.22. The Labute approximate surface area is 154 Å². The predicted molar refractivity (Wildman–Crippen MR) is 98.3 cm³/mol. The van der Waals surface area contributed by atoms with Crippen LogP contribution in [0.4, 0.5) is 0 Å². The second-order valence-electron chi connectivity index (χ2n) is 6.75. The van der Waals surface area contributed by atoms with Gasteiger partial charge in [0.1, 0.15) is 0 Å². The zero-order valence-corrected chi connectivity index (χ0v) is 14.1. The van der Waals surface area contributed by atoms with E-state index >= 15 is 0 Å². The Bertz CT molecular complexity index is 1110. The molecule has 128 valence electrons. The number of carbonyl (C=O) groups is 4. The molecule has 2 bridgehead atoms. The van der Waals surface area contributed by atoms with Crippen molar-refractivity contribution in [3.63, 3.8) is 0 Å². The quantitative estimate of drug-likeness (QED) is 0.619. The molecule has 0 unspecified atom stereocenters. The minimum atomic E-state index is -0.305. The summed E-state index contributed by atoms with van der Waals surface area (Å²) in [5.74, 6) is -1.17. The van der Waals surface area contributed by atoms with Crippen molar-refractivity contribution in [2.24, 2.45) is 0 Å². The fraction of sp³-hybridized carbons (Fsp3) is 0.0435. The van der Waals surface area contributed by atoms with Crippen LogP contribution in [-0.2, 0) is 0 Å². The van der Waals surface area contributed by atoms with Gasteiger partial charge in [0.2, 0.25) is 0 Å². The number of hydrogen-bond acceptors (Lipinski definition) is 4. The topological polar surface area (TPSA) is 68.3 Å². The van der Waals surface area contributed by atoms with Crippen LogP contribution in [0.1, 0.15) is 59.0 Å². The number of carbonyl (C=O) groups excluding carboxylic acids is 4. The lowest BCUT2D eigenvalue weighted by atomic mass is 9.81. The number of benzene rings is 2. The van der Waals surface area contributed by atoms with Crippen molar-refractivity contribution in [1.29, 1.82) is 0 Å². The molecule has 4 heteroatoms. The van der Waals surface area contributed by atoms with Crippen LogP contribution in [0.3, 0.4) is 0 Å². The molecule has 4 nitrogen and oxygen atoms in total. The van der Waals surface area contributed by atoms with Gasteiger partial charge < -0.3 is 0 Å². The van der Waals surface area contributed by atoms with E-state index in [1.54, 1.807) is 48.6 Å². The maximum atomic E-state index is 13.0. The zero-order chi connectivity index (χ0) is 18.7. The molecule has 0 saturated heterocycles. The summed E-state index contributed by atoms with van der Waals surface area (Å²) in [5.41, 5.74) is 2.36. The van der Waals surface area contributed by atoms with Gasteiger partial charge in [0.25, 0.3) is 0 Å². The van der Waals surface area contributed by atoms with Gasteiger partial charge in [-0.2, -0.15) is 0 Å². The van der Waals surface area contributed by atoms with Crippen LogP contribution in [-0.4, -0.2) is 23.1 Å². The molecule has 0 aliphatic heterocycles. The van der Waals surface area contributed by atoms with Gasteiger partial charge in [-0.1, -0.05) is 48.6 Å². The first-order valence-corrected chi connectivity index (χ1v) is 8.58. The second-order valence-corrected chi connectivity index (χ2v) is 6.75. The highest BCUT2D eigenvalue weighted by Crippen LogP contribution is 2.34. The molecule has 2 aromatic rings. The second kappa shape index (κ2) is 5.42. The lowest BCUT2D eigenvalue weighted by Gasteiger charge is -2.19. The van der Waals surface area contributed by atoms with E-state index in [0.29, 0.717) is 22.3 Å². The Kier molecular flexibility index (Phi) is 3.13. The van der Waals surface area contributed by atoms with Crippen molar-refractivity contribution in [3.05, 3.63) is 105 Å².